The smallest absolute Gasteiger partial charge is 0.228 e. The van der Waals surface area contributed by atoms with Gasteiger partial charge in [-0.1, -0.05) is 34.6 Å². The van der Waals surface area contributed by atoms with Gasteiger partial charge in [-0.15, -0.1) is 0 Å². The van der Waals surface area contributed by atoms with Crippen molar-refractivity contribution in [2.75, 3.05) is 32.8 Å². The molecule has 47 heavy (non-hydrogen) atoms. The molecule has 9 nitrogen and oxygen atoms in total. The molecule has 1 amide bonds. The molecule has 266 valence electrons. The van der Waals surface area contributed by atoms with E-state index in [1.807, 2.05) is 4.90 Å². The third-order valence-corrected chi connectivity index (χ3v) is 16.6. The monoisotopic (exact) mass is 658 g/mol. The standard InChI is InChI=1S/C38H62N2O7/c1-21-16-23(30(41)34(4,5)44)46-29-28(21)35(6)12-13-38-20-37(38)11-10-26(33(2,3)24(37)8-9-25(38)36(35,7)31(29)42)47-27-19-40(14-15-45-27)32(43)22-17-39-18-22/h21-31,39,41-42,44H,8-20H2,1-7H3/t21-,23-,24+,25+,26?,27?,28?,29+,30?,31+,35-,36-,37?,38+/m1/s1. The van der Waals surface area contributed by atoms with Crippen LogP contribution in [0.5, 0.6) is 0 Å². The number of ether oxygens (including phenoxy) is 3. The summed E-state index contributed by atoms with van der Waals surface area (Å²) < 4.78 is 19.6. The summed E-state index contributed by atoms with van der Waals surface area (Å²) in [5, 5.41) is 37.3. The number of aliphatic hydroxyl groups is 3. The molecule has 8 aliphatic rings. The average molecular weight is 659 g/mol. The van der Waals surface area contributed by atoms with Crippen molar-refractivity contribution in [1.29, 1.82) is 0 Å². The van der Waals surface area contributed by atoms with Gasteiger partial charge in [0.15, 0.2) is 6.29 Å². The van der Waals surface area contributed by atoms with Gasteiger partial charge in [0.1, 0.15) is 6.10 Å². The third kappa shape index (κ3) is 4.35. The number of hydrogen-bond acceptors (Lipinski definition) is 8. The molecule has 0 radical (unpaired) electrons. The van der Waals surface area contributed by atoms with Crippen molar-refractivity contribution < 1.29 is 34.3 Å². The number of aliphatic hydroxyl groups excluding tert-OH is 2. The molecular weight excluding hydrogens is 596 g/mol. The second-order valence-corrected chi connectivity index (χ2v) is 19.2. The Morgan fingerprint density at radius 3 is 2.43 bits per heavy atom. The number of nitrogens with one attached hydrogen (secondary N) is 1. The molecule has 4 N–H and O–H groups in total. The lowest BCUT2D eigenvalue weighted by Gasteiger charge is -2.64. The third-order valence-electron chi connectivity index (χ3n) is 16.6. The Balaban J connectivity index is 1.01. The summed E-state index contributed by atoms with van der Waals surface area (Å²) >= 11 is 0. The van der Waals surface area contributed by atoms with Gasteiger partial charge in [-0.25, -0.2) is 0 Å². The molecular formula is C38H62N2O7. The predicted octanol–water partition coefficient (Wildman–Crippen LogP) is 3.72. The summed E-state index contributed by atoms with van der Waals surface area (Å²) in [6, 6.07) is 0. The molecule has 8 fully saturated rings. The van der Waals surface area contributed by atoms with Crippen LogP contribution in [0.25, 0.3) is 0 Å². The first-order valence-electron chi connectivity index (χ1n) is 19.0. The minimum absolute atomic E-state index is 0.0116. The molecule has 5 saturated carbocycles. The molecule has 0 aromatic carbocycles. The lowest BCUT2D eigenvalue weighted by atomic mass is 9.41. The number of nitrogens with zero attached hydrogens (tertiary/aromatic N) is 1. The SMILES string of the molecule is C[C@@H]1C[C@H](C(O)C(C)(C)O)O[C@H]2C1[C@@]1(C)CC[C@@]34CC35CCC(OC3CN(C(=O)C6CNC6)CCO3)C(C)(C)[C@@H]5CC[C@H]4[C@]1(C)[C@H]2O. The first-order chi connectivity index (χ1) is 22.0. The maximum absolute atomic E-state index is 13.0. The van der Waals surface area contributed by atoms with E-state index in [2.05, 4.69) is 39.9 Å². The van der Waals surface area contributed by atoms with Gasteiger partial charge in [0.2, 0.25) is 5.91 Å². The van der Waals surface area contributed by atoms with Crippen LogP contribution in [0.2, 0.25) is 0 Å². The van der Waals surface area contributed by atoms with Crippen molar-refractivity contribution >= 4 is 5.91 Å². The van der Waals surface area contributed by atoms with Crippen LogP contribution in [0.4, 0.5) is 0 Å². The number of morpholine rings is 1. The van der Waals surface area contributed by atoms with Crippen LogP contribution in [0, 0.1) is 56.7 Å². The van der Waals surface area contributed by atoms with Crippen molar-refractivity contribution in [3.8, 4) is 0 Å². The Morgan fingerprint density at radius 1 is 1.04 bits per heavy atom. The van der Waals surface area contributed by atoms with Gasteiger partial charge in [-0.3, -0.25) is 4.79 Å². The van der Waals surface area contributed by atoms with Gasteiger partial charge < -0.3 is 39.7 Å². The van der Waals surface area contributed by atoms with Crippen LogP contribution < -0.4 is 5.32 Å². The number of carbonyl (C=O) groups is 1. The van der Waals surface area contributed by atoms with Crippen LogP contribution in [0.15, 0.2) is 0 Å². The second-order valence-electron chi connectivity index (χ2n) is 19.2. The molecule has 5 aliphatic carbocycles. The molecule has 3 aliphatic heterocycles. The fourth-order valence-corrected chi connectivity index (χ4v) is 14.0. The highest BCUT2D eigenvalue weighted by Crippen LogP contribution is 2.89. The zero-order valence-electron chi connectivity index (χ0n) is 30.0. The van der Waals surface area contributed by atoms with Gasteiger partial charge in [0, 0.05) is 25.0 Å². The van der Waals surface area contributed by atoms with E-state index in [-0.39, 0.29) is 63.3 Å². The van der Waals surface area contributed by atoms with E-state index in [1.54, 1.807) is 13.8 Å². The molecule has 5 unspecified atom stereocenters. The maximum Gasteiger partial charge on any atom is 0.228 e. The maximum atomic E-state index is 13.0. The topological polar surface area (TPSA) is 121 Å². The first kappa shape index (κ1) is 33.3. The van der Waals surface area contributed by atoms with Crippen LogP contribution >= 0.6 is 0 Å². The number of amides is 1. The summed E-state index contributed by atoms with van der Waals surface area (Å²) in [6.07, 6.45) is 6.08. The Labute approximate surface area is 281 Å². The summed E-state index contributed by atoms with van der Waals surface area (Å²) in [7, 11) is 0. The molecule has 0 aromatic heterocycles. The Morgan fingerprint density at radius 2 is 1.74 bits per heavy atom. The van der Waals surface area contributed by atoms with Gasteiger partial charge in [-0.2, -0.15) is 0 Å². The fraction of sp³-hybridized carbons (Fsp3) is 0.974. The zero-order valence-corrected chi connectivity index (χ0v) is 30.0. The van der Waals surface area contributed by atoms with Crippen molar-refractivity contribution in [3.63, 3.8) is 0 Å². The summed E-state index contributed by atoms with van der Waals surface area (Å²) in [6.45, 7) is 18.5. The van der Waals surface area contributed by atoms with Gasteiger partial charge in [0.05, 0.1) is 49.1 Å². The van der Waals surface area contributed by atoms with E-state index in [9.17, 15) is 20.1 Å². The predicted molar refractivity (Wildman–Crippen MR) is 176 cm³/mol. The van der Waals surface area contributed by atoms with E-state index in [0.717, 1.165) is 45.2 Å². The summed E-state index contributed by atoms with van der Waals surface area (Å²) in [4.78, 5) is 14.9. The van der Waals surface area contributed by atoms with E-state index in [0.29, 0.717) is 43.9 Å². The number of carbonyl (C=O) groups excluding carboxylic acids is 1. The fourth-order valence-electron chi connectivity index (χ4n) is 14.0. The van der Waals surface area contributed by atoms with Crippen LogP contribution in [0.3, 0.4) is 0 Å². The second kappa shape index (κ2) is 10.6. The van der Waals surface area contributed by atoms with Crippen molar-refractivity contribution in [2.24, 2.45) is 56.7 Å². The van der Waals surface area contributed by atoms with Crippen molar-refractivity contribution in [2.45, 2.75) is 142 Å². The van der Waals surface area contributed by atoms with Crippen LogP contribution in [0.1, 0.15) is 99.8 Å². The Hall–Kier alpha value is -0.810. The molecule has 14 atom stereocenters. The first-order valence-corrected chi connectivity index (χ1v) is 19.0. The highest BCUT2D eigenvalue weighted by Gasteiger charge is 2.84. The molecule has 8 rings (SSSR count). The number of hydrogen-bond donors (Lipinski definition) is 4. The molecule has 0 aromatic rings. The zero-order chi connectivity index (χ0) is 33.5. The molecule has 3 heterocycles. The minimum Gasteiger partial charge on any atom is -0.390 e. The quantitative estimate of drug-likeness (QED) is 0.353. The minimum atomic E-state index is -1.26. The van der Waals surface area contributed by atoms with E-state index < -0.39 is 23.9 Å². The van der Waals surface area contributed by atoms with Crippen LogP contribution in [-0.2, 0) is 19.0 Å². The van der Waals surface area contributed by atoms with Gasteiger partial charge in [0.25, 0.3) is 0 Å². The lowest BCUT2D eigenvalue weighted by molar-refractivity contribution is -0.248. The highest BCUT2D eigenvalue weighted by molar-refractivity contribution is 5.80. The van der Waals surface area contributed by atoms with E-state index in [4.69, 9.17) is 14.2 Å². The van der Waals surface area contributed by atoms with Gasteiger partial charge in [-0.05, 0) is 111 Å². The average Bonchev–Trinajstić information content (AvgIpc) is 3.61. The summed E-state index contributed by atoms with van der Waals surface area (Å²) in [5.41, 5.74) is -1.04. The van der Waals surface area contributed by atoms with Crippen LogP contribution in [-0.4, -0.2) is 101 Å². The van der Waals surface area contributed by atoms with Crippen molar-refractivity contribution in [1.82, 2.24) is 10.2 Å². The lowest BCUT2D eigenvalue weighted by Crippen LogP contribution is -2.60. The summed E-state index contributed by atoms with van der Waals surface area (Å²) in [5.74, 6) is 1.85. The van der Waals surface area contributed by atoms with Gasteiger partial charge >= 0.3 is 0 Å². The molecule has 9 heteroatoms. The normalized spacial score (nSPS) is 52.6. The molecule has 2 spiro atoms. The molecule has 3 saturated heterocycles. The van der Waals surface area contributed by atoms with E-state index in [1.165, 1.54) is 12.8 Å². The highest BCUT2D eigenvalue weighted by atomic mass is 16.7. The molecule has 0 bridgehead atoms. The van der Waals surface area contributed by atoms with Crippen molar-refractivity contribution in [3.05, 3.63) is 0 Å². The Bertz CT molecular complexity index is 1270. The largest absolute Gasteiger partial charge is 0.390 e. The number of fused-ring (bicyclic) bond motifs is 4. The number of rotatable bonds is 5. The van der Waals surface area contributed by atoms with E-state index >= 15 is 0 Å². The Kier molecular flexibility index (Phi) is 7.53.